The molecule has 1 rings (SSSR count). The van der Waals surface area contributed by atoms with Gasteiger partial charge in [0.2, 0.25) is 0 Å². The molecule has 0 N–H and O–H groups in total. The van der Waals surface area contributed by atoms with Crippen LogP contribution in [0.4, 0.5) is 0 Å². The van der Waals surface area contributed by atoms with Gasteiger partial charge >= 0.3 is 11.9 Å². The number of ether oxygens (including phenoxy) is 2. The molecule has 0 saturated carbocycles. The Hall–Kier alpha value is -2.37. The van der Waals surface area contributed by atoms with Crippen molar-refractivity contribution in [2.75, 3.05) is 26.3 Å². The Morgan fingerprint density at radius 3 is 2.17 bits per heavy atom. The van der Waals surface area contributed by atoms with Crippen LogP contribution in [-0.2, 0) is 19.1 Å². The van der Waals surface area contributed by atoms with Crippen LogP contribution in [0.5, 0.6) is 0 Å². The molecule has 0 aliphatic carbocycles. The third-order valence-corrected chi connectivity index (χ3v) is 3.05. The summed E-state index contributed by atoms with van der Waals surface area (Å²) in [7, 11) is 0. The first kappa shape index (κ1) is 18.7. The maximum Gasteiger partial charge on any atom is 0.325 e. The second-order valence-corrected chi connectivity index (χ2v) is 4.81. The van der Waals surface area contributed by atoms with E-state index in [0.29, 0.717) is 18.6 Å². The van der Waals surface area contributed by atoms with Gasteiger partial charge in [0.15, 0.2) is 0 Å². The van der Waals surface area contributed by atoms with E-state index in [1.54, 1.807) is 38.1 Å². The van der Waals surface area contributed by atoms with Gasteiger partial charge in [-0.1, -0.05) is 18.2 Å². The van der Waals surface area contributed by atoms with Gasteiger partial charge in [0.05, 0.1) is 13.2 Å². The molecule has 0 aliphatic rings. The Labute approximate surface area is 136 Å². The van der Waals surface area contributed by atoms with E-state index in [-0.39, 0.29) is 38.0 Å². The van der Waals surface area contributed by atoms with E-state index in [1.165, 1.54) is 4.90 Å². The molecule has 0 fully saturated rings. The summed E-state index contributed by atoms with van der Waals surface area (Å²) in [4.78, 5) is 36.9. The second-order valence-electron chi connectivity index (χ2n) is 4.81. The number of nitrogens with zero attached hydrogens (tertiary/aromatic N) is 1. The molecule has 0 atom stereocenters. The third-order valence-electron chi connectivity index (χ3n) is 3.05. The first-order valence-corrected chi connectivity index (χ1v) is 7.74. The molecule has 0 bridgehead atoms. The minimum absolute atomic E-state index is 0.135. The zero-order valence-corrected chi connectivity index (χ0v) is 13.6. The van der Waals surface area contributed by atoms with Gasteiger partial charge in [-0.3, -0.25) is 14.4 Å². The van der Waals surface area contributed by atoms with Crippen molar-refractivity contribution in [1.82, 2.24) is 4.90 Å². The topological polar surface area (TPSA) is 72.9 Å². The molecule has 6 nitrogen and oxygen atoms in total. The summed E-state index contributed by atoms with van der Waals surface area (Å²) in [6, 6.07) is 8.70. The van der Waals surface area contributed by atoms with Crippen molar-refractivity contribution in [2.24, 2.45) is 0 Å². The van der Waals surface area contributed by atoms with Crippen molar-refractivity contribution < 1.29 is 23.9 Å². The standard InChI is InChI=1S/C17H23NO5/c1-3-22-15(19)11-8-12-18(13-16(20)23-4-2)17(21)14-9-6-5-7-10-14/h5-7,9-10H,3-4,8,11-13H2,1-2H3. The number of hydrogen-bond acceptors (Lipinski definition) is 5. The van der Waals surface area contributed by atoms with Crippen molar-refractivity contribution in [2.45, 2.75) is 26.7 Å². The summed E-state index contributed by atoms with van der Waals surface area (Å²) in [5.41, 5.74) is 0.493. The maximum atomic E-state index is 12.5. The van der Waals surface area contributed by atoms with Gasteiger partial charge < -0.3 is 14.4 Å². The first-order chi connectivity index (χ1) is 11.1. The summed E-state index contributed by atoms with van der Waals surface area (Å²) in [6.07, 6.45) is 0.631. The van der Waals surface area contributed by atoms with Gasteiger partial charge in [0.1, 0.15) is 6.54 Å². The quantitative estimate of drug-likeness (QED) is 0.651. The molecule has 126 valence electrons. The van der Waals surface area contributed by atoms with Crippen LogP contribution in [0.15, 0.2) is 30.3 Å². The first-order valence-electron chi connectivity index (χ1n) is 7.74. The van der Waals surface area contributed by atoms with E-state index in [9.17, 15) is 14.4 Å². The number of rotatable bonds is 9. The average Bonchev–Trinajstić information content (AvgIpc) is 2.54. The summed E-state index contributed by atoms with van der Waals surface area (Å²) in [6.45, 7) is 4.19. The molecule has 1 amide bonds. The van der Waals surface area contributed by atoms with Crippen LogP contribution in [0.1, 0.15) is 37.0 Å². The molecule has 1 aromatic carbocycles. The summed E-state index contributed by atoms with van der Waals surface area (Å²) in [5.74, 6) is -1.04. The van der Waals surface area contributed by atoms with Gasteiger partial charge in [-0.25, -0.2) is 0 Å². The smallest absolute Gasteiger partial charge is 0.325 e. The van der Waals surface area contributed by atoms with Crippen molar-refractivity contribution in [3.05, 3.63) is 35.9 Å². The van der Waals surface area contributed by atoms with Crippen LogP contribution in [0.2, 0.25) is 0 Å². The highest BCUT2D eigenvalue weighted by Gasteiger charge is 2.19. The van der Waals surface area contributed by atoms with Crippen LogP contribution < -0.4 is 0 Å². The molecular weight excluding hydrogens is 298 g/mol. The van der Waals surface area contributed by atoms with E-state index >= 15 is 0 Å². The minimum atomic E-state index is -0.465. The highest BCUT2D eigenvalue weighted by molar-refractivity contribution is 5.95. The van der Waals surface area contributed by atoms with Gasteiger partial charge in [-0.2, -0.15) is 0 Å². The molecule has 0 radical (unpaired) electrons. The van der Waals surface area contributed by atoms with E-state index in [4.69, 9.17) is 9.47 Å². The Kier molecular flexibility index (Phi) is 8.42. The number of benzene rings is 1. The third kappa shape index (κ3) is 6.95. The van der Waals surface area contributed by atoms with E-state index in [1.807, 2.05) is 6.07 Å². The van der Waals surface area contributed by atoms with Gasteiger partial charge in [-0.05, 0) is 32.4 Å². The monoisotopic (exact) mass is 321 g/mol. The van der Waals surface area contributed by atoms with Crippen molar-refractivity contribution >= 4 is 17.8 Å². The molecule has 0 spiro atoms. The highest BCUT2D eigenvalue weighted by atomic mass is 16.5. The predicted molar refractivity (Wildman–Crippen MR) is 84.8 cm³/mol. The van der Waals surface area contributed by atoms with Crippen molar-refractivity contribution in [1.29, 1.82) is 0 Å². The second kappa shape index (κ2) is 10.4. The highest BCUT2D eigenvalue weighted by Crippen LogP contribution is 2.07. The summed E-state index contributed by atoms with van der Waals surface area (Å²) < 4.78 is 9.75. The lowest BCUT2D eigenvalue weighted by molar-refractivity contribution is -0.143. The summed E-state index contributed by atoms with van der Waals surface area (Å²) in [5, 5.41) is 0. The lowest BCUT2D eigenvalue weighted by Crippen LogP contribution is -2.37. The molecule has 0 saturated heterocycles. The van der Waals surface area contributed by atoms with E-state index < -0.39 is 5.97 Å². The van der Waals surface area contributed by atoms with E-state index in [0.717, 1.165) is 0 Å². The fourth-order valence-corrected chi connectivity index (χ4v) is 2.03. The number of carbonyl (C=O) groups excluding carboxylic acids is 3. The number of amides is 1. The zero-order valence-electron chi connectivity index (χ0n) is 13.6. The predicted octanol–water partition coefficient (Wildman–Crippen LogP) is 2.04. The Morgan fingerprint density at radius 2 is 1.57 bits per heavy atom. The Bertz CT molecular complexity index is 515. The van der Waals surface area contributed by atoms with Crippen LogP contribution in [-0.4, -0.2) is 49.0 Å². The average molecular weight is 321 g/mol. The SMILES string of the molecule is CCOC(=O)CCCN(CC(=O)OCC)C(=O)c1ccccc1. The van der Waals surface area contributed by atoms with E-state index in [2.05, 4.69) is 0 Å². The van der Waals surface area contributed by atoms with Gasteiger partial charge in [-0.15, -0.1) is 0 Å². The molecule has 6 heteroatoms. The fraction of sp³-hybridized carbons (Fsp3) is 0.471. The Morgan fingerprint density at radius 1 is 0.957 bits per heavy atom. The molecule has 1 aromatic rings. The lowest BCUT2D eigenvalue weighted by Gasteiger charge is -2.21. The van der Waals surface area contributed by atoms with Crippen LogP contribution in [0, 0.1) is 0 Å². The molecule has 0 aliphatic heterocycles. The normalized spacial score (nSPS) is 10.0. The molecular formula is C17H23NO5. The Balaban J connectivity index is 2.67. The van der Waals surface area contributed by atoms with Crippen LogP contribution >= 0.6 is 0 Å². The fourth-order valence-electron chi connectivity index (χ4n) is 2.03. The molecule has 23 heavy (non-hydrogen) atoms. The molecule has 0 heterocycles. The number of hydrogen-bond donors (Lipinski definition) is 0. The zero-order chi connectivity index (χ0) is 17.1. The number of carbonyl (C=O) groups is 3. The van der Waals surface area contributed by atoms with Gasteiger partial charge in [0, 0.05) is 18.5 Å². The van der Waals surface area contributed by atoms with Gasteiger partial charge in [0.25, 0.3) is 5.91 Å². The molecule has 0 unspecified atom stereocenters. The summed E-state index contributed by atoms with van der Waals surface area (Å²) >= 11 is 0. The molecule has 0 aromatic heterocycles. The number of esters is 2. The van der Waals surface area contributed by atoms with Crippen molar-refractivity contribution in [3.63, 3.8) is 0 Å². The van der Waals surface area contributed by atoms with Crippen LogP contribution in [0.3, 0.4) is 0 Å². The largest absolute Gasteiger partial charge is 0.466 e. The maximum absolute atomic E-state index is 12.5. The van der Waals surface area contributed by atoms with Crippen molar-refractivity contribution in [3.8, 4) is 0 Å². The minimum Gasteiger partial charge on any atom is -0.466 e. The van der Waals surface area contributed by atoms with Crippen LogP contribution in [0.25, 0.3) is 0 Å². The lowest BCUT2D eigenvalue weighted by atomic mass is 10.2.